The topological polar surface area (TPSA) is 26.3 Å². The molecule has 0 radical (unpaired) electrons. The molecule has 2 nitrogen and oxygen atoms in total. The fraction of sp³-hybridized carbons (Fsp3) is 0.333. The van der Waals surface area contributed by atoms with Gasteiger partial charge < -0.3 is 4.74 Å². The monoisotopic (exact) mass is 254 g/mol. The zero-order valence-corrected chi connectivity index (χ0v) is 10.8. The molecule has 0 aliphatic heterocycles. The number of hydrogen-bond acceptors (Lipinski definition) is 4. The summed E-state index contributed by atoms with van der Waals surface area (Å²) < 4.78 is 5.53. The molecule has 0 saturated heterocycles. The number of thiocarbonyl (C=S) groups is 1. The molecule has 0 amide bonds. The summed E-state index contributed by atoms with van der Waals surface area (Å²) in [6.07, 6.45) is 0.461. The Balaban J connectivity index is 2.29. The number of carbonyl (C=O) groups is 1. The predicted octanol–water partition coefficient (Wildman–Crippen LogP) is 2.85. The highest BCUT2D eigenvalue weighted by Crippen LogP contribution is 2.08. The van der Waals surface area contributed by atoms with Gasteiger partial charge in [-0.2, -0.15) is 0 Å². The first-order valence-electron chi connectivity index (χ1n) is 5.07. The first-order chi connectivity index (χ1) is 7.72. The molecular formula is C12H14O2S2. The largest absolute Gasteiger partial charge is 0.479 e. The number of benzene rings is 1. The highest BCUT2D eigenvalue weighted by Gasteiger charge is 2.06. The van der Waals surface area contributed by atoms with Crippen LogP contribution in [0.3, 0.4) is 0 Å². The van der Waals surface area contributed by atoms with Crippen LogP contribution < -0.4 is 0 Å². The van der Waals surface area contributed by atoms with E-state index in [2.05, 4.69) is 0 Å². The molecule has 0 N–H and O–H groups in total. The minimum absolute atomic E-state index is 0.165. The first kappa shape index (κ1) is 13.2. The molecule has 0 fully saturated rings. The SMILES string of the molecule is CCOC(=S)SCC(=O)Cc1ccccc1. The molecule has 1 aromatic rings. The second kappa shape index (κ2) is 7.41. The number of ether oxygens (including phenoxy) is 1. The summed E-state index contributed by atoms with van der Waals surface area (Å²) in [6, 6.07) is 9.70. The van der Waals surface area contributed by atoms with Crippen molar-refractivity contribution in [2.75, 3.05) is 12.4 Å². The average Bonchev–Trinajstić information content (AvgIpc) is 2.28. The second-order valence-electron chi connectivity index (χ2n) is 3.17. The molecule has 1 aromatic carbocycles. The fourth-order valence-electron chi connectivity index (χ4n) is 1.17. The summed E-state index contributed by atoms with van der Waals surface area (Å²) in [6.45, 7) is 2.43. The molecule has 0 aliphatic carbocycles. The van der Waals surface area contributed by atoms with Gasteiger partial charge in [-0.25, -0.2) is 0 Å². The van der Waals surface area contributed by atoms with Crippen LogP contribution in [-0.2, 0) is 16.0 Å². The quantitative estimate of drug-likeness (QED) is 0.755. The standard InChI is InChI=1S/C12H14O2S2/c1-2-14-12(15)16-9-11(13)8-10-6-4-3-5-7-10/h3-7H,2,8-9H2,1H3. The fourth-order valence-corrected chi connectivity index (χ4v) is 2.05. The number of rotatable bonds is 5. The third-order valence-corrected chi connectivity index (χ3v) is 3.15. The van der Waals surface area contributed by atoms with Crippen LogP contribution in [-0.4, -0.2) is 22.5 Å². The maximum absolute atomic E-state index is 11.6. The van der Waals surface area contributed by atoms with Crippen LogP contribution in [0.15, 0.2) is 30.3 Å². The van der Waals surface area contributed by atoms with Crippen LogP contribution in [0.2, 0.25) is 0 Å². The zero-order valence-electron chi connectivity index (χ0n) is 9.14. The number of hydrogen-bond donors (Lipinski definition) is 0. The van der Waals surface area contributed by atoms with Crippen molar-refractivity contribution in [1.29, 1.82) is 0 Å². The van der Waals surface area contributed by atoms with Crippen molar-refractivity contribution in [3.8, 4) is 0 Å². The molecule has 0 aliphatic rings. The van der Waals surface area contributed by atoms with Gasteiger partial charge in [0.15, 0.2) is 0 Å². The highest BCUT2D eigenvalue weighted by atomic mass is 32.2. The lowest BCUT2D eigenvalue weighted by molar-refractivity contribution is -0.115. The summed E-state index contributed by atoms with van der Waals surface area (Å²) in [4.78, 5) is 11.6. The van der Waals surface area contributed by atoms with E-state index in [-0.39, 0.29) is 5.78 Å². The molecule has 0 atom stereocenters. The van der Waals surface area contributed by atoms with E-state index in [0.29, 0.717) is 23.2 Å². The molecule has 0 unspecified atom stereocenters. The Labute approximate surface area is 105 Å². The molecule has 4 heteroatoms. The Morgan fingerprint density at radius 1 is 1.38 bits per heavy atom. The normalized spacial score (nSPS) is 9.81. The summed E-state index contributed by atoms with van der Waals surface area (Å²) in [5.74, 6) is 0.548. The molecule has 0 saturated carbocycles. The second-order valence-corrected chi connectivity index (χ2v) is 4.75. The van der Waals surface area contributed by atoms with Crippen molar-refractivity contribution in [2.45, 2.75) is 13.3 Å². The predicted molar refractivity (Wildman–Crippen MR) is 71.8 cm³/mol. The van der Waals surface area contributed by atoms with Gasteiger partial charge in [0, 0.05) is 6.42 Å². The van der Waals surface area contributed by atoms with Crippen LogP contribution in [0.25, 0.3) is 0 Å². The van der Waals surface area contributed by atoms with Crippen molar-refractivity contribution < 1.29 is 9.53 Å². The lowest BCUT2D eigenvalue weighted by atomic mass is 10.1. The average molecular weight is 254 g/mol. The van der Waals surface area contributed by atoms with Crippen LogP contribution in [0.4, 0.5) is 0 Å². The molecule has 86 valence electrons. The number of ketones is 1. The van der Waals surface area contributed by atoms with Gasteiger partial charge in [0.2, 0.25) is 4.38 Å². The van der Waals surface area contributed by atoms with Crippen LogP contribution in [0.1, 0.15) is 12.5 Å². The van der Waals surface area contributed by atoms with Crippen LogP contribution >= 0.6 is 24.0 Å². The van der Waals surface area contributed by atoms with E-state index in [1.807, 2.05) is 37.3 Å². The van der Waals surface area contributed by atoms with Gasteiger partial charge in [-0.3, -0.25) is 4.79 Å². The van der Waals surface area contributed by atoms with E-state index in [4.69, 9.17) is 17.0 Å². The third kappa shape index (κ3) is 5.28. The van der Waals surface area contributed by atoms with Gasteiger partial charge in [0.05, 0.1) is 12.4 Å². The summed E-state index contributed by atoms with van der Waals surface area (Å²) in [7, 11) is 0. The number of Topliss-reactive ketones (excluding diaryl/α,β-unsaturated/α-hetero) is 1. The molecule has 0 aromatic heterocycles. The molecule has 0 spiro atoms. The molecule has 0 heterocycles. The van der Waals surface area contributed by atoms with Crippen LogP contribution in [0.5, 0.6) is 0 Å². The Bertz CT molecular complexity index is 349. The van der Waals surface area contributed by atoms with Crippen molar-refractivity contribution in [1.82, 2.24) is 0 Å². The summed E-state index contributed by atoms with van der Waals surface area (Å²) in [5, 5.41) is 0. The van der Waals surface area contributed by atoms with E-state index in [1.165, 1.54) is 11.8 Å². The van der Waals surface area contributed by atoms with Crippen molar-refractivity contribution in [3.63, 3.8) is 0 Å². The number of carbonyl (C=O) groups excluding carboxylic acids is 1. The van der Waals surface area contributed by atoms with Gasteiger partial charge in [-0.05, 0) is 24.7 Å². The minimum atomic E-state index is 0.165. The summed E-state index contributed by atoms with van der Waals surface area (Å²) in [5.41, 5.74) is 1.04. The van der Waals surface area contributed by atoms with Crippen molar-refractivity contribution >= 4 is 34.1 Å². The lowest BCUT2D eigenvalue weighted by Crippen LogP contribution is -2.08. The van der Waals surface area contributed by atoms with E-state index in [1.54, 1.807) is 0 Å². The maximum atomic E-state index is 11.6. The Hall–Kier alpha value is -0.870. The van der Waals surface area contributed by atoms with Crippen LogP contribution in [0, 0.1) is 0 Å². The van der Waals surface area contributed by atoms with Gasteiger partial charge in [-0.15, -0.1) is 0 Å². The molecule has 1 rings (SSSR count). The van der Waals surface area contributed by atoms with Gasteiger partial charge in [0.1, 0.15) is 5.78 Å². The van der Waals surface area contributed by atoms with Gasteiger partial charge in [0.25, 0.3) is 0 Å². The van der Waals surface area contributed by atoms with Crippen molar-refractivity contribution in [2.24, 2.45) is 0 Å². The first-order valence-corrected chi connectivity index (χ1v) is 6.47. The van der Waals surface area contributed by atoms with Crippen molar-refractivity contribution in [3.05, 3.63) is 35.9 Å². The zero-order chi connectivity index (χ0) is 11.8. The maximum Gasteiger partial charge on any atom is 0.220 e. The molecular weight excluding hydrogens is 240 g/mol. The lowest BCUT2D eigenvalue weighted by Gasteiger charge is -2.03. The Morgan fingerprint density at radius 2 is 2.06 bits per heavy atom. The van der Waals surface area contributed by atoms with E-state index < -0.39 is 0 Å². The van der Waals surface area contributed by atoms with Gasteiger partial charge >= 0.3 is 0 Å². The molecule has 16 heavy (non-hydrogen) atoms. The van der Waals surface area contributed by atoms with E-state index in [9.17, 15) is 4.79 Å². The molecule has 0 bridgehead atoms. The third-order valence-electron chi connectivity index (χ3n) is 1.86. The van der Waals surface area contributed by atoms with Gasteiger partial charge in [-0.1, -0.05) is 42.1 Å². The van der Waals surface area contributed by atoms with E-state index >= 15 is 0 Å². The van der Waals surface area contributed by atoms with E-state index in [0.717, 1.165) is 5.56 Å². The summed E-state index contributed by atoms with van der Waals surface area (Å²) >= 11 is 6.21. The highest BCUT2D eigenvalue weighted by molar-refractivity contribution is 8.23. The Kier molecular flexibility index (Phi) is 6.11. The Morgan fingerprint density at radius 3 is 2.69 bits per heavy atom. The smallest absolute Gasteiger partial charge is 0.220 e. The number of thioether (sulfide) groups is 1. The minimum Gasteiger partial charge on any atom is -0.479 e.